The van der Waals surface area contributed by atoms with Crippen LogP contribution in [-0.4, -0.2) is 45.3 Å². The Bertz CT molecular complexity index is 829. The molecule has 1 aromatic heterocycles. The third-order valence-electron chi connectivity index (χ3n) is 6.83. The molecule has 1 saturated carbocycles. The lowest BCUT2D eigenvalue weighted by molar-refractivity contribution is -0.156. The van der Waals surface area contributed by atoms with Crippen LogP contribution in [0, 0.1) is 17.8 Å². The maximum atomic E-state index is 11.8. The average Bonchev–Trinajstić information content (AvgIpc) is 2.99. The fourth-order valence-corrected chi connectivity index (χ4v) is 5.68. The van der Waals surface area contributed by atoms with E-state index in [2.05, 4.69) is 34.1 Å². The van der Waals surface area contributed by atoms with Crippen LogP contribution in [0.5, 0.6) is 0 Å². The fourth-order valence-electron chi connectivity index (χ4n) is 5.68. The fraction of sp³-hybridized carbons (Fsp3) is 0.550. The number of aliphatic carboxylic acids is 1. The van der Waals surface area contributed by atoms with Gasteiger partial charge in [0.25, 0.3) is 0 Å². The van der Waals surface area contributed by atoms with Gasteiger partial charge >= 0.3 is 5.97 Å². The molecule has 25 heavy (non-hydrogen) atoms. The monoisotopic (exact) mass is 340 g/mol. The van der Waals surface area contributed by atoms with E-state index in [9.17, 15) is 15.0 Å². The first-order valence-corrected chi connectivity index (χ1v) is 9.38. The first-order valence-electron chi connectivity index (χ1n) is 9.38. The first kappa shape index (κ1) is 15.4. The molecule has 3 N–H and O–H groups in total. The number of carboxylic acids is 1. The standard InChI is InChI=1S/C20H24N2O3/c23-17-6-5-11-10-22-8-7-13-12-3-1-2-4-15(12)21-19(13)16(22)9-14(11)18(17)20(24)25/h1-4,11,14,16-18,21,23H,5-10H2,(H,24,25)/t11-,14-,16-,17-,18+/m1/s1. The van der Waals surface area contributed by atoms with Crippen molar-refractivity contribution in [2.24, 2.45) is 17.8 Å². The third kappa shape index (κ3) is 2.26. The van der Waals surface area contributed by atoms with Gasteiger partial charge in [-0.1, -0.05) is 18.2 Å². The zero-order valence-electron chi connectivity index (χ0n) is 14.2. The molecule has 0 amide bonds. The molecule has 5 nitrogen and oxygen atoms in total. The summed E-state index contributed by atoms with van der Waals surface area (Å²) in [6.07, 6.45) is 2.75. The number of nitrogens with one attached hydrogen (secondary N) is 1. The lowest BCUT2D eigenvalue weighted by atomic mass is 9.65. The molecule has 0 unspecified atom stereocenters. The Labute approximate surface area is 146 Å². The smallest absolute Gasteiger partial charge is 0.309 e. The number of piperidine rings is 1. The number of H-pyrrole nitrogens is 1. The van der Waals surface area contributed by atoms with E-state index in [4.69, 9.17) is 0 Å². The number of carbonyl (C=O) groups is 1. The Hall–Kier alpha value is -1.85. The molecule has 5 rings (SSSR count). The Morgan fingerprint density at radius 1 is 1.24 bits per heavy atom. The van der Waals surface area contributed by atoms with Gasteiger partial charge in [0.1, 0.15) is 0 Å². The van der Waals surface area contributed by atoms with Gasteiger partial charge in [0, 0.05) is 29.7 Å². The molecular formula is C20H24N2O3. The topological polar surface area (TPSA) is 76.6 Å². The number of para-hydroxylation sites is 1. The van der Waals surface area contributed by atoms with Crippen molar-refractivity contribution in [1.29, 1.82) is 0 Å². The predicted octanol–water partition coefficient (Wildman–Crippen LogP) is 2.56. The van der Waals surface area contributed by atoms with E-state index < -0.39 is 18.0 Å². The molecule has 1 aromatic carbocycles. The van der Waals surface area contributed by atoms with Crippen molar-refractivity contribution in [2.45, 2.75) is 37.8 Å². The number of aromatic nitrogens is 1. The molecule has 2 fully saturated rings. The number of carboxylic acid groups (broad SMARTS) is 1. The van der Waals surface area contributed by atoms with Crippen LogP contribution in [0.3, 0.4) is 0 Å². The van der Waals surface area contributed by atoms with Crippen LogP contribution in [-0.2, 0) is 11.2 Å². The Morgan fingerprint density at radius 3 is 2.92 bits per heavy atom. The van der Waals surface area contributed by atoms with Crippen LogP contribution in [0.1, 0.15) is 36.6 Å². The van der Waals surface area contributed by atoms with Crippen LogP contribution >= 0.6 is 0 Å². The molecule has 5 atom stereocenters. The number of aromatic amines is 1. The van der Waals surface area contributed by atoms with E-state index in [-0.39, 0.29) is 12.0 Å². The molecule has 5 heteroatoms. The van der Waals surface area contributed by atoms with Gasteiger partial charge in [-0.2, -0.15) is 0 Å². The van der Waals surface area contributed by atoms with Gasteiger partial charge in [-0.05, 0) is 49.1 Å². The van der Waals surface area contributed by atoms with Crippen molar-refractivity contribution in [3.63, 3.8) is 0 Å². The van der Waals surface area contributed by atoms with Crippen LogP contribution in [0.25, 0.3) is 10.9 Å². The minimum absolute atomic E-state index is 0.0693. The summed E-state index contributed by atoms with van der Waals surface area (Å²) in [4.78, 5) is 17.9. The number of nitrogens with zero attached hydrogens (tertiary/aromatic N) is 1. The molecule has 3 heterocycles. The molecule has 0 radical (unpaired) electrons. The van der Waals surface area contributed by atoms with E-state index in [0.717, 1.165) is 32.4 Å². The SMILES string of the molecule is O=C(O)[C@H]1[C@@H]2C[C@@H]3c4[nH]c5ccccc5c4CCN3C[C@H]2CC[C@H]1O. The number of fused-ring (bicyclic) bond motifs is 6. The highest BCUT2D eigenvalue weighted by atomic mass is 16.4. The Morgan fingerprint density at radius 2 is 2.08 bits per heavy atom. The van der Waals surface area contributed by atoms with Crippen molar-refractivity contribution in [1.82, 2.24) is 9.88 Å². The van der Waals surface area contributed by atoms with Crippen molar-refractivity contribution in [3.8, 4) is 0 Å². The van der Waals surface area contributed by atoms with Gasteiger partial charge in [-0.3, -0.25) is 9.69 Å². The van der Waals surface area contributed by atoms with Gasteiger partial charge in [-0.25, -0.2) is 0 Å². The van der Waals surface area contributed by atoms with Crippen LogP contribution < -0.4 is 0 Å². The molecular weight excluding hydrogens is 316 g/mol. The van der Waals surface area contributed by atoms with E-state index in [1.54, 1.807) is 0 Å². The average molecular weight is 340 g/mol. The highest BCUT2D eigenvalue weighted by molar-refractivity contribution is 5.85. The van der Waals surface area contributed by atoms with E-state index in [1.165, 1.54) is 22.2 Å². The maximum absolute atomic E-state index is 11.8. The van der Waals surface area contributed by atoms with Gasteiger partial charge in [-0.15, -0.1) is 0 Å². The summed E-state index contributed by atoms with van der Waals surface area (Å²) < 4.78 is 0. The summed E-state index contributed by atoms with van der Waals surface area (Å²) in [5, 5.41) is 21.3. The summed E-state index contributed by atoms with van der Waals surface area (Å²) in [7, 11) is 0. The number of hydrogen-bond donors (Lipinski definition) is 3. The molecule has 2 aliphatic heterocycles. The summed E-state index contributed by atoms with van der Waals surface area (Å²) >= 11 is 0. The molecule has 1 aliphatic carbocycles. The second-order valence-electron chi connectivity index (χ2n) is 7.99. The molecule has 1 saturated heterocycles. The van der Waals surface area contributed by atoms with E-state index in [0.29, 0.717) is 12.3 Å². The molecule has 132 valence electrons. The van der Waals surface area contributed by atoms with Crippen LogP contribution in [0.2, 0.25) is 0 Å². The summed E-state index contributed by atoms with van der Waals surface area (Å²) in [6.45, 7) is 2.00. The minimum atomic E-state index is -0.830. The zero-order chi connectivity index (χ0) is 17.1. The molecule has 0 bridgehead atoms. The van der Waals surface area contributed by atoms with Crippen LogP contribution in [0.4, 0.5) is 0 Å². The molecule has 3 aliphatic rings. The lowest BCUT2D eigenvalue weighted by Crippen LogP contribution is -2.53. The number of aliphatic hydroxyl groups is 1. The van der Waals surface area contributed by atoms with Crippen molar-refractivity contribution in [3.05, 3.63) is 35.5 Å². The third-order valence-corrected chi connectivity index (χ3v) is 6.83. The van der Waals surface area contributed by atoms with Gasteiger partial charge in [0.2, 0.25) is 0 Å². The quantitative estimate of drug-likeness (QED) is 0.746. The van der Waals surface area contributed by atoms with E-state index >= 15 is 0 Å². The number of aliphatic hydroxyl groups excluding tert-OH is 1. The largest absolute Gasteiger partial charge is 0.481 e. The lowest BCUT2D eigenvalue weighted by Gasteiger charge is -2.50. The predicted molar refractivity (Wildman–Crippen MR) is 94.3 cm³/mol. The van der Waals surface area contributed by atoms with Gasteiger partial charge in [0.15, 0.2) is 0 Å². The summed E-state index contributed by atoms with van der Waals surface area (Å²) in [5.74, 6) is -0.981. The van der Waals surface area contributed by atoms with Gasteiger partial charge < -0.3 is 15.2 Å². The number of hydrogen-bond acceptors (Lipinski definition) is 3. The summed E-state index contributed by atoms with van der Waals surface area (Å²) in [5.41, 5.74) is 3.85. The van der Waals surface area contributed by atoms with E-state index in [1.807, 2.05) is 0 Å². The number of rotatable bonds is 1. The maximum Gasteiger partial charge on any atom is 0.309 e. The summed E-state index contributed by atoms with van der Waals surface area (Å²) in [6, 6.07) is 8.68. The highest BCUT2D eigenvalue weighted by Crippen LogP contribution is 2.49. The Balaban J connectivity index is 1.54. The van der Waals surface area contributed by atoms with Crippen molar-refractivity contribution >= 4 is 16.9 Å². The molecule has 0 spiro atoms. The zero-order valence-corrected chi connectivity index (χ0v) is 14.2. The normalized spacial score (nSPS) is 35.0. The molecule has 2 aromatic rings. The Kier molecular flexibility index (Phi) is 3.44. The van der Waals surface area contributed by atoms with Crippen molar-refractivity contribution in [2.75, 3.05) is 13.1 Å². The highest BCUT2D eigenvalue weighted by Gasteiger charge is 2.49. The first-order chi connectivity index (χ1) is 12.1. The van der Waals surface area contributed by atoms with Crippen LogP contribution in [0.15, 0.2) is 24.3 Å². The van der Waals surface area contributed by atoms with Gasteiger partial charge in [0.05, 0.1) is 18.1 Å². The number of benzene rings is 1. The second-order valence-corrected chi connectivity index (χ2v) is 7.99. The van der Waals surface area contributed by atoms with Crippen molar-refractivity contribution < 1.29 is 15.0 Å². The minimum Gasteiger partial charge on any atom is -0.481 e. The second kappa shape index (κ2) is 5.58.